The molecule has 0 fully saturated rings. The van der Waals surface area contributed by atoms with Crippen molar-refractivity contribution >= 4 is 0 Å². The van der Waals surface area contributed by atoms with Crippen molar-refractivity contribution in [2.75, 3.05) is 7.05 Å². The van der Waals surface area contributed by atoms with E-state index < -0.39 is 0 Å². The van der Waals surface area contributed by atoms with E-state index in [1.165, 1.54) is 22.3 Å². The molecule has 0 bridgehead atoms. The molecule has 3 atom stereocenters. The molecule has 1 aliphatic carbocycles. The van der Waals surface area contributed by atoms with Gasteiger partial charge in [-0.15, -0.1) is 0 Å². The molecule has 4 rings (SSSR count). The van der Waals surface area contributed by atoms with Crippen molar-refractivity contribution in [2.45, 2.75) is 37.8 Å². The van der Waals surface area contributed by atoms with Crippen molar-refractivity contribution < 1.29 is 4.74 Å². The van der Waals surface area contributed by atoms with Crippen molar-refractivity contribution in [1.82, 2.24) is 5.32 Å². The lowest BCUT2D eigenvalue weighted by atomic mass is 9.94. The fraction of sp³-hybridized carbons (Fsp3) is 0.280. The van der Waals surface area contributed by atoms with E-state index in [-0.39, 0.29) is 6.10 Å². The van der Waals surface area contributed by atoms with Gasteiger partial charge in [-0.3, -0.25) is 0 Å². The number of hydrogen-bond donors (Lipinski definition) is 1. The molecule has 0 radical (unpaired) electrons. The van der Waals surface area contributed by atoms with Crippen LogP contribution < -0.4 is 10.1 Å². The Kier molecular flexibility index (Phi) is 5.26. The first-order valence-corrected chi connectivity index (χ1v) is 9.80. The highest BCUT2D eigenvalue weighted by atomic mass is 16.5. The number of fused-ring (bicyclic) bond motifs is 1. The maximum Gasteiger partial charge on any atom is 0.140 e. The second-order valence-corrected chi connectivity index (χ2v) is 7.50. The molecule has 3 unspecified atom stereocenters. The van der Waals surface area contributed by atoms with E-state index in [9.17, 15) is 0 Å². The summed E-state index contributed by atoms with van der Waals surface area (Å²) in [5.74, 6) is 1.42. The molecule has 3 aromatic rings. The Balaban J connectivity index is 1.46. The Bertz CT molecular complexity index is 872. The largest absolute Gasteiger partial charge is 0.484 e. The van der Waals surface area contributed by atoms with Gasteiger partial charge in [-0.05, 0) is 60.2 Å². The molecular formula is C25H27NO. The van der Waals surface area contributed by atoms with Gasteiger partial charge < -0.3 is 10.1 Å². The maximum absolute atomic E-state index is 6.40. The summed E-state index contributed by atoms with van der Waals surface area (Å²) in [5, 5.41) is 3.41. The number of hydrogen-bond acceptors (Lipinski definition) is 2. The lowest BCUT2D eigenvalue weighted by Gasteiger charge is -2.22. The first-order chi connectivity index (χ1) is 13.2. The SMILES string of the molecule is CNC1Cc2ccccc2C1Oc1ccc(C(C)Cc2ccccc2)cc1. The summed E-state index contributed by atoms with van der Waals surface area (Å²) in [4.78, 5) is 0. The van der Waals surface area contributed by atoms with E-state index >= 15 is 0 Å². The standard InChI is InChI=1S/C25H27NO/c1-18(16-19-8-4-3-5-9-19)20-12-14-22(15-13-20)27-25-23-11-7-6-10-21(23)17-24(25)26-2/h3-15,18,24-26H,16-17H2,1-2H3. The molecule has 0 spiro atoms. The number of rotatable bonds is 6. The minimum atomic E-state index is 0.0683. The van der Waals surface area contributed by atoms with Gasteiger partial charge in [0.2, 0.25) is 0 Å². The molecule has 138 valence electrons. The van der Waals surface area contributed by atoms with Crippen molar-refractivity contribution in [1.29, 1.82) is 0 Å². The Morgan fingerprint density at radius 2 is 1.63 bits per heavy atom. The molecular weight excluding hydrogens is 330 g/mol. The van der Waals surface area contributed by atoms with Gasteiger partial charge in [0.25, 0.3) is 0 Å². The van der Waals surface area contributed by atoms with Gasteiger partial charge >= 0.3 is 0 Å². The summed E-state index contributed by atoms with van der Waals surface area (Å²) in [6.07, 6.45) is 2.14. The average molecular weight is 357 g/mol. The molecule has 0 saturated carbocycles. The van der Waals surface area contributed by atoms with Gasteiger partial charge in [-0.2, -0.15) is 0 Å². The van der Waals surface area contributed by atoms with Crippen molar-refractivity contribution in [3.63, 3.8) is 0 Å². The second-order valence-electron chi connectivity index (χ2n) is 7.50. The molecule has 1 N–H and O–H groups in total. The molecule has 0 heterocycles. The Hall–Kier alpha value is -2.58. The van der Waals surface area contributed by atoms with Gasteiger partial charge in [0.05, 0.1) is 6.04 Å². The van der Waals surface area contributed by atoms with E-state index in [1.54, 1.807) is 0 Å². The summed E-state index contributed by atoms with van der Waals surface area (Å²) in [7, 11) is 2.02. The molecule has 1 aliphatic rings. The number of benzene rings is 3. The molecule has 27 heavy (non-hydrogen) atoms. The van der Waals surface area contributed by atoms with E-state index in [0.717, 1.165) is 18.6 Å². The normalized spacial score (nSPS) is 19.5. The average Bonchev–Trinajstić information content (AvgIpc) is 3.07. The van der Waals surface area contributed by atoms with E-state index in [0.29, 0.717) is 12.0 Å². The van der Waals surface area contributed by atoms with Crippen LogP contribution in [0.25, 0.3) is 0 Å². The van der Waals surface area contributed by atoms with E-state index in [2.05, 4.69) is 91.1 Å². The first-order valence-electron chi connectivity index (χ1n) is 9.80. The lowest BCUT2D eigenvalue weighted by molar-refractivity contribution is 0.172. The molecule has 2 nitrogen and oxygen atoms in total. The molecule has 2 heteroatoms. The summed E-state index contributed by atoms with van der Waals surface area (Å²) in [6, 6.07) is 28.2. The van der Waals surface area contributed by atoms with Gasteiger partial charge in [-0.1, -0.05) is 73.7 Å². The van der Waals surface area contributed by atoms with Crippen LogP contribution in [-0.2, 0) is 12.8 Å². The minimum Gasteiger partial charge on any atom is -0.484 e. The quantitative estimate of drug-likeness (QED) is 0.646. The van der Waals surface area contributed by atoms with Gasteiger partial charge in [0, 0.05) is 0 Å². The van der Waals surface area contributed by atoms with Crippen LogP contribution in [0.3, 0.4) is 0 Å². The summed E-state index contributed by atoms with van der Waals surface area (Å²) >= 11 is 0. The van der Waals surface area contributed by atoms with E-state index in [1.807, 2.05) is 7.05 Å². The predicted molar refractivity (Wildman–Crippen MR) is 111 cm³/mol. The molecule has 3 aromatic carbocycles. The topological polar surface area (TPSA) is 21.3 Å². The van der Waals surface area contributed by atoms with Crippen LogP contribution in [0.4, 0.5) is 0 Å². The zero-order valence-corrected chi connectivity index (χ0v) is 16.1. The molecule has 0 amide bonds. The van der Waals surface area contributed by atoms with Crippen LogP contribution in [-0.4, -0.2) is 13.1 Å². The third kappa shape index (κ3) is 3.91. The monoisotopic (exact) mass is 357 g/mol. The highest BCUT2D eigenvalue weighted by Gasteiger charge is 2.32. The van der Waals surface area contributed by atoms with Crippen molar-refractivity contribution in [3.05, 3.63) is 101 Å². The van der Waals surface area contributed by atoms with Crippen LogP contribution in [0.5, 0.6) is 5.75 Å². The van der Waals surface area contributed by atoms with Crippen LogP contribution in [0.1, 0.15) is 41.2 Å². The van der Waals surface area contributed by atoms with E-state index in [4.69, 9.17) is 4.74 Å². The van der Waals surface area contributed by atoms with Gasteiger partial charge in [-0.25, -0.2) is 0 Å². The molecule has 0 aromatic heterocycles. The zero-order chi connectivity index (χ0) is 18.6. The molecule has 0 aliphatic heterocycles. The predicted octanol–water partition coefficient (Wildman–Crippen LogP) is 5.30. The first kappa shape index (κ1) is 17.8. The number of nitrogens with one attached hydrogen (secondary N) is 1. The van der Waals surface area contributed by atoms with Crippen LogP contribution in [0.2, 0.25) is 0 Å². The van der Waals surface area contributed by atoms with Gasteiger partial charge in [0.15, 0.2) is 0 Å². The second kappa shape index (κ2) is 7.98. The summed E-state index contributed by atoms with van der Waals surface area (Å²) in [6.45, 7) is 2.28. The van der Waals surface area contributed by atoms with Crippen LogP contribution >= 0.6 is 0 Å². The minimum absolute atomic E-state index is 0.0683. The van der Waals surface area contributed by atoms with Crippen LogP contribution in [0.15, 0.2) is 78.9 Å². The summed E-state index contributed by atoms with van der Waals surface area (Å²) in [5.41, 5.74) is 5.42. The fourth-order valence-corrected chi connectivity index (χ4v) is 4.06. The Labute approximate surface area is 162 Å². The smallest absolute Gasteiger partial charge is 0.140 e. The highest BCUT2D eigenvalue weighted by Crippen LogP contribution is 2.35. The molecule has 0 saturated heterocycles. The third-order valence-electron chi connectivity index (χ3n) is 5.63. The Morgan fingerprint density at radius 3 is 2.37 bits per heavy atom. The number of likely N-dealkylation sites (N-methyl/N-ethyl adjacent to an activating group) is 1. The van der Waals surface area contributed by atoms with Crippen LogP contribution in [0, 0.1) is 0 Å². The zero-order valence-electron chi connectivity index (χ0n) is 16.1. The van der Waals surface area contributed by atoms with Crippen molar-refractivity contribution in [2.24, 2.45) is 0 Å². The fourth-order valence-electron chi connectivity index (χ4n) is 4.06. The summed E-state index contributed by atoms with van der Waals surface area (Å²) < 4.78 is 6.40. The lowest BCUT2D eigenvalue weighted by Crippen LogP contribution is -2.32. The highest BCUT2D eigenvalue weighted by molar-refractivity contribution is 5.38. The Morgan fingerprint density at radius 1 is 0.926 bits per heavy atom. The maximum atomic E-state index is 6.40. The number of ether oxygens (including phenoxy) is 1. The van der Waals surface area contributed by atoms with Gasteiger partial charge in [0.1, 0.15) is 11.9 Å². The van der Waals surface area contributed by atoms with Crippen molar-refractivity contribution in [3.8, 4) is 5.75 Å². The third-order valence-corrected chi connectivity index (χ3v) is 5.63.